The molecule has 0 spiro atoms. The zero-order chi connectivity index (χ0) is 17.9. The molecule has 1 aliphatic heterocycles. The predicted octanol–water partition coefficient (Wildman–Crippen LogP) is 3.24. The Balaban J connectivity index is 1.73. The first-order valence-corrected chi connectivity index (χ1v) is 9.78. The number of rotatable bonds is 5. The molecule has 5 nitrogen and oxygen atoms in total. The summed E-state index contributed by atoms with van der Waals surface area (Å²) in [5.41, 5.74) is 0.862. The van der Waals surface area contributed by atoms with Crippen LogP contribution in [0.25, 0.3) is 0 Å². The van der Waals surface area contributed by atoms with E-state index in [-0.39, 0.29) is 11.5 Å². The molecule has 1 atom stereocenters. The third-order valence-electron chi connectivity index (χ3n) is 4.12. The molecule has 0 N–H and O–H groups in total. The summed E-state index contributed by atoms with van der Waals surface area (Å²) in [6.07, 6.45) is 1.08. The van der Waals surface area contributed by atoms with E-state index in [2.05, 4.69) is 0 Å². The van der Waals surface area contributed by atoms with Crippen molar-refractivity contribution >= 4 is 27.6 Å². The van der Waals surface area contributed by atoms with Gasteiger partial charge in [-0.15, -0.1) is 0 Å². The van der Waals surface area contributed by atoms with Gasteiger partial charge in [-0.05, 0) is 42.7 Å². The van der Waals surface area contributed by atoms with Gasteiger partial charge in [0.05, 0.1) is 4.90 Å². The number of benzene rings is 2. The Hall–Kier alpha value is -1.89. The maximum Gasteiger partial charge on any atom is 0.324 e. The van der Waals surface area contributed by atoms with Crippen LogP contribution >= 0.6 is 11.6 Å². The first kappa shape index (κ1) is 17.9. The second-order valence-electron chi connectivity index (χ2n) is 5.82. The van der Waals surface area contributed by atoms with Crippen molar-refractivity contribution in [2.45, 2.75) is 30.4 Å². The highest BCUT2D eigenvalue weighted by molar-refractivity contribution is 7.89. The Morgan fingerprint density at radius 1 is 1.12 bits per heavy atom. The van der Waals surface area contributed by atoms with Crippen LogP contribution in [0.1, 0.15) is 18.4 Å². The number of esters is 1. The van der Waals surface area contributed by atoms with Crippen LogP contribution in [0.15, 0.2) is 59.5 Å². The molecular formula is C18H18ClNO4S. The molecule has 1 fully saturated rings. The zero-order valence-electron chi connectivity index (χ0n) is 13.5. The fourth-order valence-corrected chi connectivity index (χ4v) is 4.60. The fraction of sp³-hybridized carbons (Fsp3) is 0.278. The van der Waals surface area contributed by atoms with Crippen molar-refractivity contribution in [1.82, 2.24) is 4.31 Å². The molecule has 25 heavy (non-hydrogen) atoms. The highest BCUT2D eigenvalue weighted by Crippen LogP contribution is 2.27. The summed E-state index contributed by atoms with van der Waals surface area (Å²) in [5, 5.41) is 0.458. The standard InChI is InChI=1S/C18H18ClNO4S/c19-15-8-10-16(11-9-15)25(22,23)20-12-4-7-17(20)18(21)24-13-14-5-2-1-3-6-14/h1-3,5-6,8-11,17H,4,7,12-13H2/t17-/m0/s1. The van der Waals surface area contributed by atoms with E-state index in [0.717, 1.165) is 5.56 Å². The second-order valence-corrected chi connectivity index (χ2v) is 8.15. The van der Waals surface area contributed by atoms with Crippen molar-refractivity contribution in [2.24, 2.45) is 0 Å². The minimum Gasteiger partial charge on any atom is -0.460 e. The van der Waals surface area contributed by atoms with Gasteiger partial charge in [-0.2, -0.15) is 4.31 Å². The van der Waals surface area contributed by atoms with Crippen molar-refractivity contribution in [2.75, 3.05) is 6.54 Å². The third-order valence-corrected chi connectivity index (χ3v) is 6.29. The Morgan fingerprint density at radius 3 is 2.48 bits per heavy atom. The lowest BCUT2D eigenvalue weighted by atomic mass is 10.2. The molecule has 0 aliphatic carbocycles. The molecular weight excluding hydrogens is 362 g/mol. The van der Waals surface area contributed by atoms with Gasteiger partial charge in [-0.3, -0.25) is 4.79 Å². The average Bonchev–Trinajstić information content (AvgIpc) is 3.12. The second kappa shape index (κ2) is 7.56. The lowest BCUT2D eigenvalue weighted by molar-refractivity contribution is -0.148. The lowest BCUT2D eigenvalue weighted by Crippen LogP contribution is -2.41. The van der Waals surface area contributed by atoms with Gasteiger partial charge in [0.15, 0.2) is 0 Å². The maximum atomic E-state index is 12.8. The molecule has 1 aliphatic rings. The zero-order valence-corrected chi connectivity index (χ0v) is 15.0. The number of hydrogen-bond donors (Lipinski definition) is 0. The molecule has 0 aromatic heterocycles. The lowest BCUT2D eigenvalue weighted by Gasteiger charge is -2.22. The quantitative estimate of drug-likeness (QED) is 0.748. The predicted molar refractivity (Wildman–Crippen MR) is 94.6 cm³/mol. The maximum absolute atomic E-state index is 12.8. The average molecular weight is 380 g/mol. The summed E-state index contributed by atoms with van der Waals surface area (Å²) >= 11 is 5.82. The SMILES string of the molecule is O=C(OCc1ccccc1)[C@@H]1CCCN1S(=O)(=O)c1ccc(Cl)cc1. The Bertz CT molecular complexity index is 837. The molecule has 0 amide bonds. The van der Waals surface area contributed by atoms with E-state index in [9.17, 15) is 13.2 Å². The molecule has 7 heteroatoms. The smallest absolute Gasteiger partial charge is 0.324 e. The normalized spacial score (nSPS) is 18.2. The third kappa shape index (κ3) is 4.03. The van der Waals surface area contributed by atoms with Gasteiger partial charge in [0.1, 0.15) is 12.6 Å². The first-order valence-electron chi connectivity index (χ1n) is 7.96. The largest absolute Gasteiger partial charge is 0.460 e. The summed E-state index contributed by atoms with van der Waals surface area (Å²) in [5.74, 6) is -0.515. The van der Waals surface area contributed by atoms with Gasteiger partial charge in [-0.25, -0.2) is 8.42 Å². The van der Waals surface area contributed by atoms with Gasteiger partial charge in [0.2, 0.25) is 10.0 Å². The van der Waals surface area contributed by atoms with Gasteiger partial charge in [0, 0.05) is 11.6 Å². The molecule has 0 radical (unpaired) electrons. The van der Waals surface area contributed by atoms with Crippen LogP contribution in [0, 0.1) is 0 Å². The van der Waals surface area contributed by atoms with Crippen LogP contribution < -0.4 is 0 Å². The topological polar surface area (TPSA) is 63.7 Å². The molecule has 0 bridgehead atoms. The van der Waals surface area contributed by atoms with Gasteiger partial charge < -0.3 is 4.74 Å². The molecule has 1 saturated heterocycles. The number of nitrogens with zero attached hydrogens (tertiary/aromatic N) is 1. The van der Waals surface area contributed by atoms with E-state index in [1.54, 1.807) is 0 Å². The number of sulfonamides is 1. The summed E-state index contributed by atoms with van der Waals surface area (Å²) in [7, 11) is -3.76. The van der Waals surface area contributed by atoms with E-state index in [1.807, 2.05) is 30.3 Å². The van der Waals surface area contributed by atoms with Crippen LogP contribution in [0.2, 0.25) is 5.02 Å². The Kier molecular flexibility index (Phi) is 5.42. The van der Waals surface area contributed by atoms with Gasteiger partial charge >= 0.3 is 5.97 Å². The van der Waals surface area contributed by atoms with Gasteiger partial charge in [-0.1, -0.05) is 41.9 Å². The monoisotopic (exact) mass is 379 g/mol. The van der Waals surface area contributed by atoms with Crippen LogP contribution in [-0.4, -0.2) is 31.3 Å². The Morgan fingerprint density at radius 2 is 1.80 bits per heavy atom. The Labute approximate surface area is 152 Å². The minimum absolute atomic E-state index is 0.125. The summed E-state index contributed by atoms with van der Waals surface area (Å²) in [6, 6.07) is 14.4. The van der Waals surface area contributed by atoms with Crippen molar-refractivity contribution in [3.05, 3.63) is 65.2 Å². The van der Waals surface area contributed by atoms with Crippen molar-refractivity contribution < 1.29 is 17.9 Å². The van der Waals surface area contributed by atoms with E-state index in [4.69, 9.17) is 16.3 Å². The molecule has 0 unspecified atom stereocenters. The number of carbonyl (C=O) groups excluding carboxylic acids is 1. The highest BCUT2D eigenvalue weighted by Gasteiger charge is 2.40. The number of hydrogen-bond acceptors (Lipinski definition) is 4. The van der Waals surface area contributed by atoms with Crippen molar-refractivity contribution in [1.29, 1.82) is 0 Å². The van der Waals surface area contributed by atoms with Crippen LogP contribution in [0.4, 0.5) is 0 Å². The molecule has 2 aromatic carbocycles. The number of ether oxygens (including phenoxy) is 1. The first-order chi connectivity index (χ1) is 12.0. The minimum atomic E-state index is -3.76. The van der Waals surface area contributed by atoms with Crippen molar-refractivity contribution in [3.8, 4) is 0 Å². The summed E-state index contributed by atoms with van der Waals surface area (Å²) in [6.45, 7) is 0.432. The van der Waals surface area contributed by atoms with Crippen LogP contribution in [-0.2, 0) is 26.2 Å². The summed E-state index contributed by atoms with van der Waals surface area (Å²) in [4.78, 5) is 12.5. The van der Waals surface area contributed by atoms with Gasteiger partial charge in [0.25, 0.3) is 0 Å². The highest BCUT2D eigenvalue weighted by atomic mass is 35.5. The molecule has 1 heterocycles. The molecule has 0 saturated carbocycles. The van der Waals surface area contributed by atoms with Crippen LogP contribution in [0.5, 0.6) is 0 Å². The number of halogens is 1. The van der Waals surface area contributed by atoms with E-state index in [1.165, 1.54) is 28.6 Å². The van der Waals surface area contributed by atoms with Crippen LogP contribution in [0.3, 0.4) is 0 Å². The molecule has 2 aromatic rings. The van der Waals surface area contributed by atoms with E-state index < -0.39 is 22.0 Å². The number of carbonyl (C=O) groups is 1. The molecule has 132 valence electrons. The van der Waals surface area contributed by atoms with Crippen molar-refractivity contribution in [3.63, 3.8) is 0 Å². The van der Waals surface area contributed by atoms with E-state index in [0.29, 0.717) is 24.4 Å². The fourth-order valence-electron chi connectivity index (χ4n) is 2.83. The summed E-state index contributed by atoms with van der Waals surface area (Å²) < 4.78 is 32.2. The molecule has 3 rings (SSSR count). The van der Waals surface area contributed by atoms with E-state index >= 15 is 0 Å².